The molecule has 154 valence electrons. The highest BCUT2D eigenvalue weighted by atomic mass is 16.5. The van der Waals surface area contributed by atoms with Gasteiger partial charge in [-0.3, -0.25) is 4.79 Å². The van der Waals surface area contributed by atoms with E-state index in [0.717, 1.165) is 19.3 Å². The van der Waals surface area contributed by atoms with E-state index in [1.165, 1.54) is 0 Å². The molecule has 6 heteroatoms. The van der Waals surface area contributed by atoms with Crippen molar-refractivity contribution in [3.63, 3.8) is 0 Å². The number of carbonyl (C=O) groups excluding carboxylic acids is 2. The molecule has 4 atom stereocenters. The van der Waals surface area contributed by atoms with Crippen LogP contribution in [0.1, 0.15) is 68.6 Å². The van der Waals surface area contributed by atoms with Gasteiger partial charge in [0.15, 0.2) is 6.10 Å². The largest absolute Gasteiger partial charge is 0.479 e. The van der Waals surface area contributed by atoms with Gasteiger partial charge in [0.05, 0.1) is 5.56 Å². The number of esters is 1. The number of aliphatic hydroxyl groups excluding tert-OH is 1. The van der Waals surface area contributed by atoms with Crippen molar-refractivity contribution in [1.29, 1.82) is 0 Å². The maximum atomic E-state index is 12.4. The molecule has 0 aliphatic heterocycles. The molecule has 2 N–H and O–H groups in total. The van der Waals surface area contributed by atoms with Gasteiger partial charge in [0.2, 0.25) is 0 Å². The van der Waals surface area contributed by atoms with Crippen LogP contribution in [0.15, 0.2) is 30.3 Å². The minimum Gasteiger partial charge on any atom is -0.479 e. The van der Waals surface area contributed by atoms with Crippen molar-refractivity contribution in [3.05, 3.63) is 35.9 Å². The first kappa shape index (κ1) is 22.1. The minimum absolute atomic E-state index is 0.136. The second-order valence-corrected chi connectivity index (χ2v) is 7.53. The number of aliphatic hydroxyl groups is 1. The monoisotopic (exact) mass is 390 g/mol. The number of ketones is 1. The van der Waals surface area contributed by atoms with E-state index < -0.39 is 30.1 Å². The lowest BCUT2D eigenvalue weighted by Crippen LogP contribution is -2.35. The minimum atomic E-state index is -1.51. The van der Waals surface area contributed by atoms with Crippen molar-refractivity contribution in [2.75, 3.05) is 0 Å². The highest BCUT2D eigenvalue weighted by molar-refractivity contribution is 5.89. The summed E-state index contributed by atoms with van der Waals surface area (Å²) in [6.07, 6.45) is 3.10. The van der Waals surface area contributed by atoms with Gasteiger partial charge in [0.25, 0.3) is 0 Å². The Bertz CT molecular complexity index is 656. The fraction of sp³-hybridized carbons (Fsp3) is 0.591. The highest BCUT2D eigenvalue weighted by Gasteiger charge is 2.44. The van der Waals surface area contributed by atoms with Crippen LogP contribution in [0.4, 0.5) is 0 Å². The molecule has 1 aliphatic carbocycles. The zero-order valence-electron chi connectivity index (χ0n) is 16.4. The number of ether oxygens (including phenoxy) is 1. The Labute approximate surface area is 165 Å². The van der Waals surface area contributed by atoms with Crippen LogP contribution >= 0.6 is 0 Å². The summed E-state index contributed by atoms with van der Waals surface area (Å²) in [7, 11) is 0. The average molecular weight is 390 g/mol. The first-order chi connectivity index (χ1) is 13.4. The number of unbranched alkanes of at least 4 members (excludes halogenated alkanes) is 2. The molecule has 0 heterocycles. The third kappa shape index (κ3) is 6.16. The van der Waals surface area contributed by atoms with E-state index >= 15 is 0 Å². The zero-order chi connectivity index (χ0) is 20.5. The number of hydrogen-bond acceptors (Lipinski definition) is 5. The molecule has 0 aromatic heterocycles. The number of aliphatic carboxylic acids is 1. The van der Waals surface area contributed by atoms with Crippen LogP contribution in [0.2, 0.25) is 0 Å². The van der Waals surface area contributed by atoms with E-state index in [0.29, 0.717) is 37.7 Å². The summed E-state index contributed by atoms with van der Waals surface area (Å²) in [4.78, 5) is 35.8. The predicted molar refractivity (Wildman–Crippen MR) is 104 cm³/mol. The van der Waals surface area contributed by atoms with Crippen molar-refractivity contribution in [3.8, 4) is 0 Å². The quantitative estimate of drug-likeness (QED) is 0.442. The van der Waals surface area contributed by atoms with E-state index in [-0.39, 0.29) is 11.7 Å². The van der Waals surface area contributed by atoms with Crippen LogP contribution in [0, 0.1) is 11.8 Å². The fourth-order valence-corrected chi connectivity index (χ4v) is 3.99. The topological polar surface area (TPSA) is 101 Å². The van der Waals surface area contributed by atoms with Gasteiger partial charge >= 0.3 is 11.9 Å². The molecule has 1 unspecified atom stereocenters. The number of carbonyl (C=O) groups is 3. The van der Waals surface area contributed by atoms with Crippen LogP contribution in [-0.4, -0.2) is 40.1 Å². The van der Waals surface area contributed by atoms with E-state index in [2.05, 4.69) is 6.92 Å². The van der Waals surface area contributed by atoms with Crippen LogP contribution in [-0.2, 0) is 14.3 Å². The predicted octanol–water partition coefficient (Wildman–Crippen LogP) is 3.61. The van der Waals surface area contributed by atoms with Gasteiger partial charge < -0.3 is 14.9 Å². The van der Waals surface area contributed by atoms with Crippen molar-refractivity contribution in [1.82, 2.24) is 0 Å². The molecule has 0 spiro atoms. The maximum absolute atomic E-state index is 12.4. The van der Waals surface area contributed by atoms with Crippen molar-refractivity contribution in [2.45, 2.75) is 70.5 Å². The maximum Gasteiger partial charge on any atom is 0.338 e. The molecular formula is C22H30O6. The second kappa shape index (κ2) is 11.0. The summed E-state index contributed by atoms with van der Waals surface area (Å²) in [5.74, 6) is -2.46. The summed E-state index contributed by atoms with van der Waals surface area (Å²) in [6, 6.07) is 8.61. The van der Waals surface area contributed by atoms with Gasteiger partial charge in [0.1, 0.15) is 11.9 Å². The summed E-state index contributed by atoms with van der Waals surface area (Å²) in [6.45, 7) is 2.08. The van der Waals surface area contributed by atoms with Gasteiger partial charge in [-0.1, -0.05) is 38.0 Å². The van der Waals surface area contributed by atoms with Crippen molar-refractivity contribution >= 4 is 17.7 Å². The highest BCUT2D eigenvalue weighted by Crippen LogP contribution is 2.40. The van der Waals surface area contributed by atoms with E-state index in [9.17, 15) is 24.6 Å². The molecule has 0 bridgehead atoms. The van der Waals surface area contributed by atoms with Crippen LogP contribution in [0.25, 0.3) is 0 Å². The van der Waals surface area contributed by atoms with Gasteiger partial charge in [0, 0.05) is 24.7 Å². The van der Waals surface area contributed by atoms with Gasteiger partial charge in [-0.25, -0.2) is 9.59 Å². The molecule has 1 aliphatic rings. The number of rotatable bonds is 11. The smallest absolute Gasteiger partial charge is 0.338 e. The second-order valence-electron chi connectivity index (χ2n) is 7.53. The normalized spacial score (nSPS) is 22.6. The Hall–Kier alpha value is -2.21. The first-order valence-electron chi connectivity index (χ1n) is 10.1. The Balaban J connectivity index is 2.02. The fourth-order valence-electron chi connectivity index (χ4n) is 3.99. The van der Waals surface area contributed by atoms with E-state index in [1.54, 1.807) is 30.3 Å². The number of benzene rings is 1. The lowest BCUT2D eigenvalue weighted by Gasteiger charge is -2.26. The van der Waals surface area contributed by atoms with Crippen LogP contribution in [0.3, 0.4) is 0 Å². The van der Waals surface area contributed by atoms with Crippen LogP contribution < -0.4 is 0 Å². The Kier molecular flexibility index (Phi) is 8.64. The van der Waals surface area contributed by atoms with Gasteiger partial charge in [-0.15, -0.1) is 0 Å². The van der Waals surface area contributed by atoms with E-state index in [1.807, 2.05) is 0 Å². The molecule has 0 radical (unpaired) electrons. The number of carboxylic acids is 1. The lowest BCUT2D eigenvalue weighted by atomic mass is 9.85. The molecular weight excluding hydrogens is 360 g/mol. The standard InChI is InChI=1S/C22H30O6/c1-2-3-5-10-16(23)11-12-17-18(20(24)21(25)26)13-14-19(17)28-22(27)15-8-6-4-7-9-15/h4,6-9,17-20,24H,2-3,5,10-14H2,1H3,(H,25,26)/t17-,18-,19+,20?/m1/s1. The Morgan fingerprint density at radius 1 is 1.11 bits per heavy atom. The molecule has 1 fully saturated rings. The Morgan fingerprint density at radius 3 is 2.46 bits per heavy atom. The molecule has 1 saturated carbocycles. The SMILES string of the molecule is CCCCCC(=O)CC[C@H]1[C@@H](OC(=O)c2ccccc2)CC[C@H]1C(O)C(=O)O. The summed E-state index contributed by atoms with van der Waals surface area (Å²) in [5.41, 5.74) is 0.430. The lowest BCUT2D eigenvalue weighted by molar-refractivity contribution is -0.150. The van der Waals surface area contributed by atoms with Crippen molar-refractivity contribution in [2.24, 2.45) is 11.8 Å². The van der Waals surface area contributed by atoms with E-state index in [4.69, 9.17) is 4.74 Å². The molecule has 2 rings (SSSR count). The molecule has 1 aromatic rings. The van der Waals surface area contributed by atoms with Crippen LogP contribution in [0.5, 0.6) is 0 Å². The zero-order valence-corrected chi connectivity index (χ0v) is 16.4. The summed E-state index contributed by atoms with van der Waals surface area (Å²) in [5, 5.41) is 19.3. The average Bonchev–Trinajstić information content (AvgIpc) is 3.08. The first-order valence-corrected chi connectivity index (χ1v) is 10.1. The van der Waals surface area contributed by atoms with Crippen molar-refractivity contribution < 1.29 is 29.3 Å². The number of Topliss-reactive ketones (excluding diaryl/α,β-unsaturated/α-hetero) is 1. The third-order valence-electron chi connectivity index (χ3n) is 5.55. The Morgan fingerprint density at radius 2 is 1.82 bits per heavy atom. The molecule has 6 nitrogen and oxygen atoms in total. The van der Waals surface area contributed by atoms with Gasteiger partial charge in [-0.2, -0.15) is 0 Å². The summed E-state index contributed by atoms with van der Waals surface area (Å²) >= 11 is 0. The molecule has 28 heavy (non-hydrogen) atoms. The molecule has 1 aromatic carbocycles. The third-order valence-corrected chi connectivity index (χ3v) is 5.55. The molecule has 0 saturated heterocycles. The molecule has 0 amide bonds. The number of hydrogen-bond donors (Lipinski definition) is 2. The summed E-state index contributed by atoms with van der Waals surface area (Å²) < 4.78 is 5.65. The number of carboxylic acid groups (broad SMARTS) is 1. The van der Waals surface area contributed by atoms with Gasteiger partial charge in [-0.05, 0) is 37.8 Å².